The number of halogens is 1. The third kappa shape index (κ3) is 4.09. The van der Waals surface area contributed by atoms with Gasteiger partial charge in [0.15, 0.2) is 0 Å². The predicted molar refractivity (Wildman–Crippen MR) is 101 cm³/mol. The smallest absolute Gasteiger partial charge is 0.261 e. The van der Waals surface area contributed by atoms with E-state index in [1.165, 1.54) is 4.31 Å². The van der Waals surface area contributed by atoms with Gasteiger partial charge in [0.1, 0.15) is 0 Å². The molecule has 1 aromatic rings. The van der Waals surface area contributed by atoms with Crippen LogP contribution in [0.3, 0.4) is 0 Å². The van der Waals surface area contributed by atoms with E-state index in [0.29, 0.717) is 11.1 Å². The van der Waals surface area contributed by atoms with Crippen molar-refractivity contribution in [3.8, 4) is 0 Å². The topological polar surface area (TPSA) is 86.8 Å². The van der Waals surface area contributed by atoms with Crippen molar-refractivity contribution in [1.82, 2.24) is 14.5 Å². The fourth-order valence-electron chi connectivity index (χ4n) is 3.39. The molecule has 0 spiro atoms. The lowest BCUT2D eigenvalue weighted by Gasteiger charge is -2.31. The molecule has 1 aromatic carbocycles. The van der Waals surface area contributed by atoms with Crippen LogP contribution in [0.15, 0.2) is 24.3 Å². The van der Waals surface area contributed by atoms with E-state index in [9.17, 15) is 18.0 Å². The molecule has 1 N–H and O–H groups in total. The number of rotatable bonds is 6. The van der Waals surface area contributed by atoms with E-state index in [-0.39, 0.29) is 49.0 Å². The molecule has 0 saturated carbocycles. The minimum absolute atomic E-state index is 0. The standard InChI is InChI=1S/C17H23N3O4S.ClH/c1-19(13-7-9-18-10-8-13)25(23,24)12-4-11-20-16(21)14-5-2-3-6-15(14)17(20)22;/h2-3,5-6,13,18H,4,7-12H2,1H3;1H. The number of nitrogens with one attached hydrogen (secondary N) is 1. The first-order valence-electron chi connectivity index (χ1n) is 8.53. The molecule has 2 aliphatic rings. The van der Waals surface area contributed by atoms with Crippen molar-refractivity contribution in [3.05, 3.63) is 35.4 Å². The van der Waals surface area contributed by atoms with Crippen molar-refractivity contribution in [2.75, 3.05) is 32.4 Å². The van der Waals surface area contributed by atoms with Crippen molar-refractivity contribution in [2.24, 2.45) is 0 Å². The molecule has 0 atom stereocenters. The van der Waals surface area contributed by atoms with Gasteiger partial charge < -0.3 is 5.32 Å². The van der Waals surface area contributed by atoms with Crippen LogP contribution in [0.5, 0.6) is 0 Å². The number of imide groups is 1. The van der Waals surface area contributed by atoms with Crippen LogP contribution in [0.25, 0.3) is 0 Å². The van der Waals surface area contributed by atoms with Gasteiger partial charge >= 0.3 is 0 Å². The van der Waals surface area contributed by atoms with Crippen molar-refractivity contribution in [2.45, 2.75) is 25.3 Å². The second-order valence-electron chi connectivity index (χ2n) is 6.47. The van der Waals surface area contributed by atoms with E-state index in [2.05, 4.69) is 5.32 Å². The molecule has 2 heterocycles. The highest BCUT2D eigenvalue weighted by Crippen LogP contribution is 2.23. The lowest BCUT2D eigenvalue weighted by Crippen LogP contribution is -2.45. The van der Waals surface area contributed by atoms with Gasteiger partial charge in [-0.05, 0) is 44.5 Å². The van der Waals surface area contributed by atoms with Gasteiger partial charge in [0, 0.05) is 19.6 Å². The van der Waals surface area contributed by atoms with Crippen LogP contribution in [-0.4, -0.2) is 67.9 Å². The predicted octanol–water partition coefficient (Wildman–Crippen LogP) is 1.11. The third-order valence-corrected chi connectivity index (χ3v) is 6.90. The Bertz CT molecular complexity index is 743. The van der Waals surface area contributed by atoms with Crippen LogP contribution in [0, 0.1) is 0 Å². The van der Waals surface area contributed by atoms with Gasteiger partial charge in [-0.15, -0.1) is 12.4 Å². The maximum atomic E-state index is 12.5. The largest absolute Gasteiger partial charge is 0.317 e. The molecule has 1 saturated heterocycles. The van der Waals surface area contributed by atoms with Crippen LogP contribution in [-0.2, 0) is 10.0 Å². The number of amides is 2. The Balaban J connectivity index is 0.00000243. The van der Waals surface area contributed by atoms with Crippen molar-refractivity contribution >= 4 is 34.2 Å². The van der Waals surface area contributed by atoms with Gasteiger partial charge in [-0.2, -0.15) is 0 Å². The number of carbonyl (C=O) groups excluding carboxylic acids is 2. The molecule has 0 bridgehead atoms. The molecule has 9 heteroatoms. The summed E-state index contributed by atoms with van der Waals surface area (Å²) in [6.45, 7) is 1.75. The number of sulfonamides is 1. The summed E-state index contributed by atoms with van der Waals surface area (Å²) in [5, 5.41) is 3.22. The number of hydrogen-bond acceptors (Lipinski definition) is 5. The summed E-state index contributed by atoms with van der Waals surface area (Å²) in [6.07, 6.45) is 1.84. The molecule has 0 radical (unpaired) electrons. The van der Waals surface area contributed by atoms with Gasteiger partial charge in [0.2, 0.25) is 10.0 Å². The van der Waals surface area contributed by atoms with Crippen molar-refractivity contribution in [1.29, 1.82) is 0 Å². The summed E-state index contributed by atoms with van der Waals surface area (Å²) in [5.74, 6) is -0.754. The highest BCUT2D eigenvalue weighted by atomic mass is 35.5. The third-order valence-electron chi connectivity index (χ3n) is 4.92. The Morgan fingerprint density at radius 3 is 2.19 bits per heavy atom. The van der Waals surface area contributed by atoms with E-state index < -0.39 is 10.0 Å². The van der Waals surface area contributed by atoms with Crippen LogP contribution in [0.2, 0.25) is 0 Å². The zero-order chi connectivity index (χ0) is 18.0. The lowest BCUT2D eigenvalue weighted by molar-refractivity contribution is 0.0654. The Morgan fingerprint density at radius 2 is 1.65 bits per heavy atom. The number of carbonyl (C=O) groups is 2. The van der Waals surface area contributed by atoms with E-state index >= 15 is 0 Å². The minimum atomic E-state index is -3.40. The molecule has 2 amide bonds. The molecule has 0 aliphatic carbocycles. The van der Waals surface area contributed by atoms with Crippen molar-refractivity contribution < 1.29 is 18.0 Å². The first-order chi connectivity index (χ1) is 11.9. The molecule has 3 rings (SSSR count). The van der Waals surface area contributed by atoms with Gasteiger partial charge in [0.05, 0.1) is 16.9 Å². The number of piperidine rings is 1. The van der Waals surface area contributed by atoms with Gasteiger partial charge in [0.25, 0.3) is 11.8 Å². The SMILES string of the molecule is CN(C1CCNCC1)S(=O)(=O)CCCN1C(=O)c2ccccc2C1=O.Cl. The van der Waals surface area contributed by atoms with Crippen LogP contribution >= 0.6 is 12.4 Å². The van der Waals surface area contributed by atoms with E-state index in [0.717, 1.165) is 30.8 Å². The maximum Gasteiger partial charge on any atom is 0.261 e. The molecule has 1 fully saturated rings. The van der Waals surface area contributed by atoms with Gasteiger partial charge in [-0.1, -0.05) is 12.1 Å². The maximum absolute atomic E-state index is 12.5. The Kier molecular flexibility index (Phi) is 6.79. The summed E-state index contributed by atoms with van der Waals surface area (Å²) in [6, 6.07) is 6.69. The first-order valence-corrected chi connectivity index (χ1v) is 10.1. The number of fused-ring (bicyclic) bond motifs is 1. The van der Waals surface area contributed by atoms with E-state index in [4.69, 9.17) is 0 Å². The summed E-state index contributed by atoms with van der Waals surface area (Å²) < 4.78 is 26.5. The fraction of sp³-hybridized carbons (Fsp3) is 0.529. The molecule has 2 aliphatic heterocycles. The second kappa shape index (κ2) is 8.47. The monoisotopic (exact) mass is 401 g/mol. The zero-order valence-corrected chi connectivity index (χ0v) is 16.3. The van der Waals surface area contributed by atoms with E-state index in [1.807, 2.05) is 0 Å². The molecule has 7 nitrogen and oxygen atoms in total. The van der Waals surface area contributed by atoms with Crippen LogP contribution in [0.1, 0.15) is 40.0 Å². The van der Waals surface area contributed by atoms with E-state index in [1.54, 1.807) is 31.3 Å². The molecule has 0 unspecified atom stereocenters. The second-order valence-corrected chi connectivity index (χ2v) is 8.62. The first kappa shape index (κ1) is 20.8. The van der Waals surface area contributed by atoms with Crippen LogP contribution in [0.4, 0.5) is 0 Å². The lowest BCUT2D eigenvalue weighted by atomic mass is 10.1. The molecular weight excluding hydrogens is 378 g/mol. The van der Waals surface area contributed by atoms with Gasteiger partial charge in [-0.3, -0.25) is 14.5 Å². The average molecular weight is 402 g/mol. The Morgan fingerprint density at radius 1 is 1.12 bits per heavy atom. The number of hydrogen-bond donors (Lipinski definition) is 1. The fourth-order valence-corrected chi connectivity index (χ4v) is 4.84. The summed E-state index contributed by atoms with van der Waals surface area (Å²) in [5.41, 5.74) is 0.782. The number of nitrogens with zero attached hydrogens (tertiary/aromatic N) is 2. The molecule has 26 heavy (non-hydrogen) atoms. The minimum Gasteiger partial charge on any atom is -0.317 e. The highest BCUT2D eigenvalue weighted by Gasteiger charge is 2.35. The molecular formula is C17H24ClN3O4S. The normalized spacial score (nSPS) is 18.2. The Hall–Kier alpha value is -1.48. The number of benzene rings is 1. The summed E-state index contributed by atoms with van der Waals surface area (Å²) >= 11 is 0. The molecule has 144 valence electrons. The summed E-state index contributed by atoms with van der Waals surface area (Å²) in [4.78, 5) is 25.7. The van der Waals surface area contributed by atoms with Gasteiger partial charge in [-0.25, -0.2) is 12.7 Å². The molecule has 0 aromatic heterocycles. The highest BCUT2D eigenvalue weighted by molar-refractivity contribution is 7.89. The van der Waals surface area contributed by atoms with Crippen LogP contribution < -0.4 is 5.32 Å². The quantitative estimate of drug-likeness (QED) is 0.721. The summed E-state index contributed by atoms with van der Waals surface area (Å²) in [7, 11) is -1.78. The Labute approximate surface area is 160 Å². The zero-order valence-electron chi connectivity index (χ0n) is 14.7. The van der Waals surface area contributed by atoms with Crippen molar-refractivity contribution in [3.63, 3.8) is 0 Å². The average Bonchev–Trinajstić information content (AvgIpc) is 2.87.